The molecule has 0 heterocycles. The van der Waals surface area contributed by atoms with Crippen molar-refractivity contribution in [1.82, 2.24) is 4.90 Å². The molecule has 1 saturated carbocycles. The van der Waals surface area contributed by atoms with Crippen LogP contribution in [0.5, 0.6) is 0 Å². The number of carboxylic acid groups (broad SMARTS) is 1. The summed E-state index contributed by atoms with van der Waals surface area (Å²) in [6.07, 6.45) is 2.61. The average Bonchev–Trinajstić information content (AvgIpc) is 3.20. The molecule has 0 spiro atoms. The normalized spacial score (nSPS) is 14.7. The van der Waals surface area contributed by atoms with Gasteiger partial charge >= 0.3 is 5.97 Å². The Kier molecular flexibility index (Phi) is 4.43. The van der Waals surface area contributed by atoms with E-state index < -0.39 is 5.97 Å². The van der Waals surface area contributed by atoms with Crippen LogP contribution < -0.4 is 5.32 Å². The van der Waals surface area contributed by atoms with Gasteiger partial charge in [0.25, 0.3) is 0 Å². The predicted molar refractivity (Wildman–Crippen MR) is 76.9 cm³/mol. The number of anilines is 1. The van der Waals surface area contributed by atoms with Crippen LogP contribution in [0.25, 0.3) is 0 Å². The van der Waals surface area contributed by atoms with Gasteiger partial charge in [0.2, 0.25) is 0 Å². The van der Waals surface area contributed by atoms with Crippen molar-refractivity contribution in [3.63, 3.8) is 0 Å². The molecule has 1 aliphatic carbocycles. The van der Waals surface area contributed by atoms with Crippen LogP contribution in [-0.2, 0) is 0 Å². The number of hydrogen-bond acceptors (Lipinski definition) is 3. The molecule has 0 unspecified atom stereocenters. The van der Waals surface area contributed by atoms with Crippen molar-refractivity contribution < 1.29 is 9.90 Å². The Morgan fingerprint density at radius 2 is 2.21 bits per heavy atom. The molecule has 104 valence electrons. The van der Waals surface area contributed by atoms with Crippen LogP contribution in [0, 0.1) is 6.92 Å². The molecule has 0 aromatic heterocycles. The van der Waals surface area contributed by atoms with Gasteiger partial charge in [0.1, 0.15) is 0 Å². The third-order valence-corrected chi connectivity index (χ3v) is 3.59. The maximum Gasteiger partial charge on any atom is 0.337 e. The van der Waals surface area contributed by atoms with Gasteiger partial charge in [-0.3, -0.25) is 4.90 Å². The van der Waals surface area contributed by atoms with Gasteiger partial charge in [-0.2, -0.15) is 0 Å². The van der Waals surface area contributed by atoms with E-state index in [-0.39, 0.29) is 0 Å². The average molecular weight is 262 g/mol. The lowest BCUT2D eigenvalue weighted by molar-refractivity contribution is 0.0698. The summed E-state index contributed by atoms with van der Waals surface area (Å²) in [5.41, 5.74) is 2.04. The molecule has 0 radical (unpaired) electrons. The molecule has 4 nitrogen and oxygen atoms in total. The van der Waals surface area contributed by atoms with E-state index in [0.29, 0.717) is 11.3 Å². The Bertz CT molecular complexity index is 455. The lowest BCUT2D eigenvalue weighted by Crippen LogP contribution is -2.31. The SMILES string of the molecule is CCN(CCNc1ccc(C)cc1C(=O)O)C1CC1. The van der Waals surface area contributed by atoms with Crippen molar-refractivity contribution in [3.05, 3.63) is 29.3 Å². The summed E-state index contributed by atoms with van der Waals surface area (Å²) in [5.74, 6) is -0.874. The highest BCUT2D eigenvalue weighted by Crippen LogP contribution is 2.26. The van der Waals surface area contributed by atoms with Crippen molar-refractivity contribution in [2.45, 2.75) is 32.7 Å². The summed E-state index contributed by atoms with van der Waals surface area (Å²) in [5, 5.41) is 12.4. The van der Waals surface area contributed by atoms with Gasteiger partial charge in [-0.25, -0.2) is 4.79 Å². The van der Waals surface area contributed by atoms with E-state index in [1.165, 1.54) is 12.8 Å². The first-order valence-electron chi connectivity index (χ1n) is 6.93. The lowest BCUT2D eigenvalue weighted by Gasteiger charge is -2.20. The number of likely N-dealkylation sites (N-methyl/N-ethyl adjacent to an activating group) is 1. The maximum atomic E-state index is 11.2. The highest BCUT2D eigenvalue weighted by molar-refractivity contribution is 5.94. The zero-order valence-electron chi connectivity index (χ0n) is 11.6. The minimum atomic E-state index is -0.874. The number of carbonyl (C=O) groups is 1. The minimum absolute atomic E-state index is 0.356. The second kappa shape index (κ2) is 6.06. The van der Waals surface area contributed by atoms with Gasteiger partial charge < -0.3 is 10.4 Å². The van der Waals surface area contributed by atoms with E-state index in [1.54, 1.807) is 6.07 Å². The first-order valence-corrected chi connectivity index (χ1v) is 6.93. The molecule has 1 aliphatic rings. The Hall–Kier alpha value is -1.55. The zero-order chi connectivity index (χ0) is 13.8. The number of rotatable bonds is 7. The topological polar surface area (TPSA) is 52.6 Å². The molecule has 1 fully saturated rings. The van der Waals surface area contributed by atoms with Gasteiger partial charge in [-0.1, -0.05) is 18.6 Å². The van der Waals surface area contributed by atoms with Crippen molar-refractivity contribution in [2.75, 3.05) is 25.0 Å². The van der Waals surface area contributed by atoms with Crippen LogP contribution in [0.1, 0.15) is 35.7 Å². The highest BCUT2D eigenvalue weighted by Gasteiger charge is 2.27. The second-order valence-corrected chi connectivity index (χ2v) is 5.14. The number of nitrogens with zero attached hydrogens (tertiary/aromatic N) is 1. The standard InChI is InChI=1S/C15H22N2O2/c1-3-17(12-5-6-12)9-8-16-14-7-4-11(2)10-13(14)15(18)19/h4,7,10,12,16H,3,5-6,8-9H2,1-2H3,(H,18,19). The predicted octanol–water partition coefficient (Wildman–Crippen LogP) is 2.59. The van der Waals surface area contributed by atoms with Crippen LogP contribution in [0.15, 0.2) is 18.2 Å². The number of hydrogen-bond donors (Lipinski definition) is 2. The molecule has 0 atom stereocenters. The molecule has 2 rings (SSSR count). The van der Waals surface area contributed by atoms with E-state index in [0.717, 1.165) is 31.2 Å². The number of benzene rings is 1. The molecule has 0 bridgehead atoms. The van der Waals surface area contributed by atoms with E-state index >= 15 is 0 Å². The maximum absolute atomic E-state index is 11.2. The third kappa shape index (κ3) is 3.70. The first-order chi connectivity index (χ1) is 9.11. The number of nitrogens with one attached hydrogen (secondary N) is 1. The summed E-state index contributed by atoms with van der Waals surface area (Å²) in [6.45, 7) is 6.89. The molecule has 1 aromatic carbocycles. The third-order valence-electron chi connectivity index (χ3n) is 3.59. The number of aryl methyl sites for hydroxylation is 1. The quantitative estimate of drug-likeness (QED) is 0.793. The van der Waals surface area contributed by atoms with Crippen LogP contribution >= 0.6 is 0 Å². The van der Waals surface area contributed by atoms with Crippen molar-refractivity contribution in [2.24, 2.45) is 0 Å². The van der Waals surface area contributed by atoms with Crippen molar-refractivity contribution in [1.29, 1.82) is 0 Å². The Morgan fingerprint density at radius 3 is 2.79 bits per heavy atom. The first kappa shape index (κ1) is 13.9. The van der Waals surface area contributed by atoms with Gasteiger partial charge in [-0.15, -0.1) is 0 Å². The summed E-state index contributed by atoms with van der Waals surface area (Å²) >= 11 is 0. The zero-order valence-corrected chi connectivity index (χ0v) is 11.6. The smallest absolute Gasteiger partial charge is 0.337 e. The molecule has 4 heteroatoms. The molecule has 0 saturated heterocycles. The van der Waals surface area contributed by atoms with E-state index in [9.17, 15) is 9.90 Å². The van der Waals surface area contributed by atoms with Crippen LogP contribution in [0.4, 0.5) is 5.69 Å². The van der Waals surface area contributed by atoms with Crippen LogP contribution in [0.2, 0.25) is 0 Å². The van der Waals surface area contributed by atoms with Crippen LogP contribution in [-0.4, -0.2) is 41.7 Å². The highest BCUT2D eigenvalue weighted by atomic mass is 16.4. The molecule has 1 aromatic rings. The molecular formula is C15H22N2O2. The van der Waals surface area contributed by atoms with Crippen LogP contribution in [0.3, 0.4) is 0 Å². The Balaban J connectivity index is 1.93. The van der Waals surface area contributed by atoms with E-state index in [4.69, 9.17) is 0 Å². The molecule has 2 N–H and O–H groups in total. The fourth-order valence-electron chi connectivity index (χ4n) is 2.36. The summed E-state index contributed by atoms with van der Waals surface area (Å²) < 4.78 is 0. The van der Waals surface area contributed by atoms with Gasteiger partial charge in [-0.05, 0) is 38.4 Å². The number of aromatic carboxylic acids is 1. The monoisotopic (exact) mass is 262 g/mol. The van der Waals surface area contributed by atoms with Gasteiger partial charge in [0, 0.05) is 24.8 Å². The van der Waals surface area contributed by atoms with E-state index in [1.807, 2.05) is 19.1 Å². The summed E-state index contributed by atoms with van der Waals surface area (Å²) in [6, 6.07) is 6.26. The molecular weight excluding hydrogens is 240 g/mol. The number of carboxylic acids is 1. The fourth-order valence-corrected chi connectivity index (χ4v) is 2.36. The Morgan fingerprint density at radius 1 is 1.47 bits per heavy atom. The summed E-state index contributed by atoms with van der Waals surface area (Å²) in [4.78, 5) is 13.6. The minimum Gasteiger partial charge on any atom is -0.478 e. The van der Waals surface area contributed by atoms with E-state index in [2.05, 4.69) is 17.1 Å². The van der Waals surface area contributed by atoms with Crippen molar-refractivity contribution in [3.8, 4) is 0 Å². The van der Waals surface area contributed by atoms with Gasteiger partial charge in [0.15, 0.2) is 0 Å². The lowest BCUT2D eigenvalue weighted by atomic mass is 10.1. The van der Waals surface area contributed by atoms with Gasteiger partial charge in [0.05, 0.1) is 5.56 Å². The molecule has 0 amide bonds. The molecule has 19 heavy (non-hydrogen) atoms. The largest absolute Gasteiger partial charge is 0.478 e. The van der Waals surface area contributed by atoms with Crippen molar-refractivity contribution >= 4 is 11.7 Å². The molecule has 0 aliphatic heterocycles. The second-order valence-electron chi connectivity index (χ2n) is 5.14. The Labute approximate surface area is 114 Å². The summed E-state index contributed by atoms with van der Waals surface area (Å²) in [7, 11) is 0. The fraction of sp³-hybridized carbons (Fsp3) is 0.533.